The minimum atomic E-state index is -0.427. The molecule has 4 nitrogen and oxygen atoms in total. The van der Waals surface area contributed by atoms with Crippen molar-refractivity contribution in [3.63, 3.8) is 0 Å². The Morgan fingerprint density at radius 1 is 1.32 bits per heavy atom. The summed E-state index contributed by atoms with van der Waals surface area (Å²) in [4.78, 5) is 11.9. The Bertz CT molecular complexity index is 320. The molecule has 0 aliphatic carbocycles. The molecule has 1 fully saturated rings. The maximum absolute atomic E-state index is 11.9. The zero-order chi connectivity index (χ0) is 16.6. The summed E-state index contributed by atoms with van der Waals surface area (Å²) in [6, 6.07) is 0. The van der Waals surface area contributed by atoms with Crippen LogP contribution in [0, 0.1) is 17.8 Å². The molecule has 0 aromatic carbocycles. The molecule has 0 aromatic heterocycles. The standard InChI is InChI=1S/C18H36N2O2/c1-6-7-14(2)12-16(15-8-10-19-11-9-15)13-20-17(21)22-18(3,4)5/h14-16,19H,6-13H2,1-5H3,(H,20,21)/t14-,16+/m0/s1. The molecule has 0 spiro atoms. The molecular weight excluding hydrogens is 276 g/mol. The van der Waals surface area contributed by atoms with Crippen LogP contribution in [-0.2, 0) is 4.74 Å². The average molecular weight is 312 g/mol. The van der Waals surface area contributed by atoms with Gasteiger partial charge < -0.3 is 15.4 Å². The first kappa shape index (κ1) is 19.3. The molecule has 1 aliphatic heterocycles. The molecule has 1 amide bonds. The van der Waals surface area contributed by atoms with E-state index in [1.54, 1.807) is 0 Å². The molecule has 1 saturated heterocycles. The molecule has 0 saturated carbocycles. The van der Waals surface area contributed by atoms with Crippen molar-refractivity contribution in [2.75, 3.05) is 19.6 Å². The van der Waals surface area contributed by atoms with Crippen LogP contribution in [0.3, 0.4) is 0 Å². The Balaban J connectivity index is 2.51. The highest BCUT2D eigenvalue weighted by atomic mass is 16.6. The molecule has 0 unspecified atom stereocenters. The van der Waals surface area contributed by atoms with Crippen LogP contribution in [0.15, 0.2) is 0 Å². The van der Waals surface area contributed by atoms with E-state index in [0.29, 0.717) is 5.92 Å². The maximum Gasteiger partial charge on any atom is 0.407 e. The van der Waals surface area contributed by atoms with Gasteiger partial charge in [0.05, 0.1) is 0 Å². The molecule has 2 N–H and O–H groups in total. The molecule has 1 aliphatic rings. The van der Waals surface area contributed by atoms with E-state index >= 15 is 0 Å². The maximum atomic E-state index is 11.9. The van der Waals surface area contributed by atoms with E-state index in [0.717, 1.165) is 31.5 Å². The van der Waals surface area contributed by atoms with Gasteiger partial charge in [0.1, 0.15) is 5.60 Å². The van der Waals surface area contributed by atoms with Crippen LogP contribution in [0.25, 0.3) is 0 Å². The highest BCUT2D eigenvalue weighted by Crippen LogP contribution is 2.28. The van der Waals surface area contributed by atoms with E-state index in [2.05, 4.69) is 24.5 Å². The molecule has 1 heterocycles. The largest absolute Gasteiger partial charge is 0.444 e. The van der Waals surface area contributed by atoms with Crippen LogP contribution in [0.5, 0.6) is 0 Å². The molecule has 0 aromatic rings. The number of alkyl carbamates (subject to hydrolysis) is 1. The minimum Gasteiger partial charge on any atom is -0.444 e. The lowest BCUT2D eigenvalue weighted by atomic mass is 9.79. The Labute approximate surface area is 136 Å². The van der Waals surface area contributed by atoms with Crippen molar-refractivity contribution in [3.8, 4) is 0 Å². The van der Waals surface area contributed by atoms with E-state index in [9.17, 15) is 4.79 Å². The number of amides is 1. The van der Waals surface area contributed by atoms with Crippen LogP contribution in [0.1, 0.15) is 66.7 Å². The summed E-state index contributed by atoms with van der Waals surface area (Å²) in [6.45, 7) is 13.2. The zero-order valence-electron chi connectivity index (χ0n) is 15.2. The molecule has 22 heavy (non-hydrogen) atoms. The predicted octanol–water partition coefficient (Wildman–Crippen LogP) is 3.95. The second-order valence-corrected chi connectivity index (χ2v) is 7.86. The molecule has 130 valence electrons. The second kappa shape index (κ2) is 9.39. The van der Waals surface area contributed by atoms with Crippen molar-refractivity contribution in [1.82, 2.24) is 10.6 Å². The summed E-state index contributed by atoms with van der Waals surface area (Å²) in [5.41, 5.74) is -0.427. The smallest absolute Gasteiger partial charge is 0.407 e. The van der Waals surface area contributed by atoms with E-state index in [1.807, 2.05) is 20.8 Å². The fraction of sp³-hybridized carbons (Fsp3) is 0.944. The first-order chi connectivity index (χ1) is 10.3. The number of ether oxygens (including phenoxy) is 1. The highest BCUT2D eigenvalue weighted by Gasteiger charge is 2.26. The summed E-state index contributed by atoms with van der Waals surface area (Å²) in [5, 5.41) is 6.43. The van der Waals surface area contributed by atoms with Gasteiger partial charge in [-0.25, -0.2) is 4.79 Å². The Morgan fingerprint density at radius 2 is 1.95 bits per heavy atom. The van der Waals surface area contributed by atoms with Gasteiger partial charge in [-0.3, -0.25) is 0 Å². The third-order valence-corrected chi connectivity index (χ3v) is 4.44. The van der Waals surface area contributed by atoms with Crippen LogP contribution in [-0.4, -0.2) is 31.3 Å². The van der Waals surface area contributed by atoms with Gasteiger partial charge in [-0.1, -0.05) is 26.7 Å². The summed E-state index contributed by atoms with van der Waals surface area (Å²) >= 11 is 0. The lowest BCUT2D eigenvalue weighted by molar-refractivity contribution is 0.0505. The van der Waals surface area contributed by atoms with Crippen molar-refractivity contribution in [2.45, 2.75) is 72.3 Å². The van der Waals surface area contributed by atoms with Crippen LogP contribution < -0.4 is 10.6 Å². The van der Waals surface area contributed by atoms with E-state index in [-0.39, 0.29) is 6.09 Å². The van der Waals surface area contributed by atoms with Crippen LogP contribution in [0.2, 0.25) is 0 Å². The first-order valence-corrected chi connectivity index (χ1v) is 8.99. The highest BCUT2D eigenvalue weighted by molar-refractivity contribution is 5.67. The fourth-order valence-corrected chi connectivity index (χ4v) is 3.41. The summed E-state index contributed by atoms with van der Waals surface area (Å²) in [7, 11) is 0. The third kappa shape index (κ3) is 8.02. The van der Waals surface area contributed by atoms with E-state index in [1.165, 1.54) is 32.1 Å². The number of piperidine rings is 1. The predicted molar refractivity (Wildman–Crippen MR) is 92.0 cm³/mol. The summed E-state index contributed by atoms with van der Waals surface area (Å²) in [5.74, 6) is 2.01. The summed E-state index contributed by atoms with van der Waals surface area (Å²) < 4.78 is 5.37. The fourth-order valence-electron chi connectivity index (χ4n) is 3.41. The van der Waals surface area contributed by atoms with Crippen molar-refractivity contribution in [1.29, 1.82) is 0 Å². The molecule has 4 heteroatoms. The molecule has 1 rings (SSSR count). The number of carbonyl (C=O) groups excluding carboxylic acids is 1. The van der Waals surface area contributed by atoms with E-state index in [4.69, 9.17) is 4.74 Å². The number of nitrogens with one attached hydrogen (secondary N) is 2. The van der Waals surface area contributed by atoms with Crippen molar-refractivity contribution in [3.05, 3.63) is 0 Å². The van der Waals surface area contributed by atoms with Gasteiger partial charge in [-0.2, -0.15) is 0 Å². The Hall–Kier alpha value is -0.770. The van der Waals surface area contributed by atoms with Gasteiger partial charge in [0, 0.05) is 6.54 Å². The van der Waals surface area contributed by atoms with Crippen molar-refractivity contribution >= 4 is 6.09 Å². The van der Waals surface area contributed by atoms with Crippen LogP contribution >= 0.6 is 0 Å². The Kier molecular flexibility index (Phi) is 8.23. The lowest BCUT2D eigenvalue weighted by Crippen LogP contribution is -2.40. The first-order valence-electron chi connectivity index (χ1n) is 8.99. The Morgan fingerprint density at radius 3 is 2.50 bits per heavy atom. The quantitative estimate of drug-likeness (QED) is 0.748. The molecule has 0 bridgehead atoms. The van der Waals surface area contributed by atoms with Crippen molar-refractivity contribution < 1.29 is 9.53 Å². The number of hydrogen-bond donors (Lipinski definition) is 2. The number of carbonyl (C=O) groups is 1. The van der Waals surface area contributed by atoms with Gasteiger partial charge in [0.25, 0.3) is 0 Å². The normalized spacial score (nSPS) is 19.5. The second-order valence-electron chi connectivity index (χ2n) is 7.86. The van der Waals surface area contributed by atoms with Crippen LogP contribution in [0.4, 0.5) is 4.79 Å². The van der Waals surface area contributed by atoms with Gasteiger partial charge in [0.2, 0.25) is 0 Å². The van der Waals surface area contributed by atoms with Crippen molar-refractivity contribution in [2.24, 2.45) is 17.8 Å². The average Bonchev–Trinajstić information content (AvgIpc) is 2.43. The topological polar surface area (TPSA) is 50.4 Å². The summed E-state index contributed by atoms with van der Waals surface area (Å²) in [6.07, 6.45) is 5.87. The lowest BCUT2D eigenvalue weighted by Gasteiger charge is -2.33. The third-order valence-electron chi connectivity index (χ3n) is 4.44. The minimum absolute atomic E-state index is 0.283. The SMILES string of the molecule is CCC[C@H](C)C[C@H](CNC(=O)OC(C)(C)C)C1CCNCC1. The van der Waals surface area contributed by atoms with Gasteiger partial charge >= 0.3 is 6.09 Å². The number of rotatable bonds is 7. The van der Waals surface area contributed by atoms with Gasteiger partial charge in [-0.15, -0.1) is 0 Å². The monoisotopic (exact) mass is 312 g/mol. The number of hydrogen-bond acceptors (Lipinski definition) is 3. The van der Waals surface area contributed by atoms with E-state index < -0.39 is 5.60 Å². The van der Waals surface area contributed by atoms with Gasteiger partial charge in [0.15, 0.2) is 0 Å². The van der Waals surface area contributed by atoms with Gasteiger partial charge in [-0.05, 0) is 70.9 Å². The molecule has 0 radical (unpaired) electrons. The molecular formula is C18H36N2O2. The molecule has 2 atom stereocenters. The zero-order valence-corrected chi connectivity index (χ0v) is 15.2.